The SMILES string of the molecule is O=[N+]([O-])c1cc2ncc(Cl)nc2cc1[N+](=O)[O-]. The minimum atomic E-state index is -0.847. The Balaban J connectivity index is 2.81. The van der Waals surface area contributed by atoms with Crippen molar-refractivity contribution in [3.8, 4) is 0 Å². The van der Waals surface area contributed by atoms with E-state index in [4.69, 9.17) is 11.6 Å². The molecule has 86 valence electrons. The van der Waals surface area contributed by atoms with E-state index in [-0.39, 0.29) is 16.2 Å². The fourth-order valence-electron chi connectivity index (χ4n) is 1.31. The Hall–Kier alpha value is -2.35. The number of nitro benzene ring substituents is 2. The normalized spacial score (nSPS) is 10.4. The quantitative estimate of drug-likeness (QED) is 0.599. The highest BCUT2D eigenvalue weighted by Gasteiger charge is 2.25. The molecule has 8 nitrogen and oxygen atoms in total. The Morgan fingerprint density at radius 1 is 1.06 bits per heavy atom. The van der Waals surface area contributed by atoms with Crippen LogP contribution in [0.4, 0.5) is 11.4 Å². The van der Waals surface area contributed by atoms with Gasteiger partial charge in [0, 0.05) is 0 Å². The van der Waals surface area contributed by atoms with Crippen LogP contribution in [0.3, 0.4) is 0 Å². The predicted molar refractivity (Wildman–Crippen MR) is 57.9 cm³/mol. The molecule has 0 spiro atoms. The number of rotatable bonds is 2. The number of benzene rings is 1. The molecule has 2 rings (SSSR count). The molecule has 1 aromatic carbocycles. The lowest BCUT2D eigenvalue weighted by atomic mass is 10.2. The molecule has 0 aliphatic heterocycles. The molecule has 0 bridgehead atoms. The van der Waals surface area contributed by atoms with E-state index >= 15 is 0 Å². The first-order valence-electron chi connectivity index (χ1n) is 4.24. The van der Waals surface area contributed by atoms with Crippen LogP contribution in [-0.4, -0.2) is 19.8 Å². The summed E-state index contributed by atoms with van der Waals surface area (Å²) < 4.78 is 0. The summed E-state index contributed by atoms with van der Waals surface area (Å²) in [4.78, 5) is 27.2. The van der Waals surface area contributed by atoms with E-state index in [9.17, 15) is 20.2 Å². The van der Waals surface area contributed by atoms with Crippen LogP contribution in [0.1, 0.15) is 0 Å². The Kier molecular flexibility index (Phi) is 2.56. The topological polar surface area (TPSA) is 112 Å². The summed E-state index contributed by atoms with van der Waals surface area (Å²) in [6.07, 6.45) is 1.21. The van der Waals surface area contributed by atoms with Crippen molar-refractivity contribution in [3.05, 3.63) is 43.7 Å². The molecule has 0 N–H and O–H groups in total. The number of halogens is 1. The first-order chi connectivity index (χ1) is 7.99. The minimum absolute atomic E-state index is 0.0562. The van der Waals surface area contributed by atoms with Gasteiger partial charge in [-0.3, -0.25) is 25.2 Å². The largest absolute Gasteiger partial charge is 0.348 e. The maximum atomic E-state index is 10.7. The summed E-state index contributed by atoms with van der Waals surface area (Å²) >= 11 is 5.58. The van der Waals surface area contributed by atoms with E-state index in [1.165, 1.54) is 6.20 Å². The van der Waals surface area contributed by atoms with E-state index in [1.54, 1.807) is 0 Å². The van der Waals surface area contributed by atoms with Crippen molar-refractivity contribution in [1.29, 1.82) is 0 Å². The third kappa shape index (κ3) is 1.97. The van der Waals surface area contributed by atoms with Crippen LogP contribution in [0.25, 0.3) is 11.0 Å². The molecule has 0 saturated heterocycles. The smallest absolute Gasteiger partial charge is 0.258 e. The van der Waals surface area contributed by atoms with Crippen molar-refractivity contribution in [3.63, 3.8) is 0 Å². The summed E-state index contributed by atoms with van der Waals surface area (Å²) in [5, 5.41) is 21.4. The zero-order valence-corrected chi connectivity index (χ0v) is 8.79. The van der Waals surface area contributed by atoms with E-state index in [0.717, 1.165) is 12.1 Å². The summed E-state index contributed by atoms with van der Waals surface area (Å²) in [6, 6.07) is 1.98. The molecule has 0 aliphatic rings. The predicted octanol–water partition coefficient (Wildman–Crippen LogP) is 2.10. The highest BCUT2D eigenvalue weighted by atomic mass is 35.5. The van der Waals surface area contributed by atoms with Crippen molar-refractivity contribution < 1.29 is 9.85 Å². The standard InChI is InChI=1S/C8H3ClN4O4/c9-8-3-10-4-1-6(12(14)15)7(13(16)17)2-5(4)11-8/h1-3H. The highest BCUT2D eigenvalue weighted by molar-refractivity contribution is 6.29. The van der Waals surface area contributed by atoms with Crippen molar-refractivity contribution >= 4 is 34.0 Å². The first kappa shape index (κ1) is 11.1. The van der Waals surface area contributed by atoms with Gasteiger partial charge in [-0.15, -0.1) is 0 Å². The van der Waals surface area contributed by atoms with Gasteiger partial charge in [0.05, 0.1) is 39.2 Å². The molecule has 0 aliphatic carbocycles. The van der Waals surface area contributed by atoms with Gasteiger partial charge in [-0.2, -0.15) is 0 Å². The second-order valence-corrected chi connectivity index (χ2v) is 3.42. The fourth-order valence-corrected chi connectivity index (χ4v) is 1.45. The molecule has 0 fully saturated rings. The van der Waals surface area contributed by atoms with Gasteiger partial charge in [-0.1, -0.05) is 11.6 Å². The van der Waals surface area contributed by atoms with Crippen LogP contribution in [0.15, 0.2) is 18.3 Å². The number of fused-ring (bicyclic) bond motifs is 1. The van der Waals surface area contributed by atoms with Gasteiger partial charge in [0.15, 0.2) is 0 Å². The van der Waals surface area contributed by atoms with Crippen molar-refractivity contribution in [2.24, 2.45) is 0 Å². The zero-order valence-electron chi connectivity index (χ0n) is 8.03. The average molecular weight is 255 g/mol. The number of hydrogen-bond donors (Lipinski definition) is 0. The molecule has 0 radical (unpaired) electrons. The fraction of sp³-hybridized carbons (Fsp3) is 0. The van der Waals surface area contributed by atoms with Crippen LogP contribution in [0, 0.1) is 20.2 Å². The molecule has 1 aromatic heterocycles. The number of hydrogen-bond acceptors (Lipinski definition) is 6. The van der Waals surface area contributed by atoms with Gasteiger partial charge in [0.2, 0.25) is 0 Å². The lowest BCUT2D eigenvalue weighted by molar-refractivity contribution is -0.422. The molecule has 0 saturated carbocycles. The Bertz CT molecular complexity index is 645. The van der Waals surface area contributed by atoms with Crippen LogP contribution in [-0.2, 0) is 0 Å². The summed E-state index contributed by atoms with van der Waals surface area (Å²) in [7, 11) is 0. The van der Waals surface area contributed by atoms with Crippen molar-refractivity contribution in [2.45, 2.75) is 0 Å². The first-order valence-corrected chi connectivity index (χ1v) is 4.62. The monoisotopic (exact) mass is 254 g/mol. The van der Waals surface area contributed by atoms with E-state index < -0.39 is 21.2 Å². The summed E-state index contributed by atoms with van der Waals surface area (Å²) in [5.41, 5.74) is -0.959. The Morgan fingerprint density at radius 3 is 2.12 bits per heavy atom. The maximum absolute atomic E-state index is 10.7. The van der Waals surface area contributed by atoms with Crippen molar-refractivity contribution in [2.75, 3.05) is 0 Å². The van der Waals surface area contributed by atoms with Crippen LogP contribution < -0.4 is 0 Å². The molecular formula is C8H3ClN4O4. The van der Waals surface area contributed by atoms with Gasteiger partial charge < -0.3 is 0 Å². The van der Waals surface area contributed by atoms with Gasteiger partial charge in [0.1, 0.15) is 5.15 Å². The molecule has 2 aromatic rings. The number of nitrogens with zero attached hydrogens (tertiary/aromatic N) is 4. The molecule has 17 heavy (non-hydrogen) atoms. The Labute approximate surface area is 98.2 Å². The number of aromatic nitrogens is 2. The molecule has 0 unspecified atom stereocenters. The number of nitro groups is 2. The van der Waals surface area contributed by atoms with Gasteiger partial charge in [-0.25, -0.2) is 4.98 Å². The minimum Gasteiger partial charge on any atom is -0.258 e. The van der Waals surface area contributed by atoms with Crippen LogP contribution >= 0.6 is 11.6 Å². The second-order valence-electron chi connectivity index (χ2n) is 3.04. The molecule has 0 amide bonds. The lowest BCUT2D eigenvalue weighted by Gasteiger charge is -1.98. The highest BCUT2D eigenvalue weighted by Crippen LogP contribution is 2.30. The van der Waals surface area contributed by atoms with Crippen molar-refractivity contribution in [1.82, 2.24) is 9.97 Å². The summed E-state index contributed by atoms with van der Waals surface area (Å²) in [5.74, 6) is 0. The van der Waals surface area contributed by atoms with E-state index in [0.29, 0.717) is 0 Å². The molecule has 1 heterocycles. The maximum Gasteiger partial charge on any atom is 0.348 e. The third-order valence-electron chi connectivity index (χ3n) is 2.00. The van der Waals surface area contributed by atoms with E-state index in [2.05, 4.69) is 9.97 Å². The van der Waals surface area contributed by atoms with Gasteiger partial charge in [0.25, 0.3) is 0 Å². The van der Waals surface area contributed by atoms with Gasteiger partial charge in [-0.05, 0) is 0 Å². The van der Waals surface area contributed by atoms with Crippen LogP contribution in [0.5, 0.6) is 0 Å². The molecule has 9 heteroatoms. The Morgan fingerprint density at radius 2 is 1.59 bits per heavy atom. The summed E-state index contributed by atoms with van der Waals surface area (Å²) in [6.45, 7) is 0. The molecule has 0 atom stereocenters. The van der Waals surface area contributed by atoms with Gasteiger partial charge >= 0.3 is 11.4 Å². The lowest BCUT2D eigenvalue weighted by Crippen LogP contribution is -1.97. The molecular weight excluding hydrogens is 252 g/mol. The van der Waals surface area contributed by atoms with Crippen LogP contribution in [0.2, 0.25) is 5.15 Å². The van der Waals surface area contributed by atoms with E-state index in [1.807, 2.05) is 0 Å². The second kappa shape index (κ2) is 3.91. The third-order valence-corrected chi connectivity index (χ3v) is 2.18. The zero-order chi connectivity index (χ0) is 12.6. The average Bonchev–Trinajstić information content (AvgIpc) is 2.26.